The largest absolute Gasteiger partial charge is 0.403 e. The number of aromatic nitrogens is 4. The number of amides is 1. The van der Waals surface area contributed by atoms with Crippen molar-refractivity contribution in [3.05, 3.63) is 46.8 Å². The second-order valence-electron chi connectivity index (χ2n) is 5.54. The van der Waals surface area contributed by atoms with Gasteiger partial charge in [0.15, 0.2) is 0 Å². The molecular formula is C16H17N5O2. The van der Waals surface area contributed by atoms with Crippen LogP contribution < -0.4 is 5.32 Å². The zero-order valence-electron chi connectivity index (χ0n) is 13.4. The summed E-state index contributed by atoms with van der Waals surface area (Å²) in [7, 11) is 1.71. The standard InChI is InChI=1S/C16H17N5O2/c1-9-5-10(2)7-12(6-9)15-19-20-16(23-15)18-14(22)13-11(3)8-17-21(13)4/h5-8H,1-4H3,(H,18,20,22). The fourth-order valence-corrected chi connectivity index (χ4v) is 2.52. The first-order valence-electron chi connectivity index (χ1n) is 7.16. The minimum absolute atomic E-state index is 0.0600. The van der Waals surface area contributed by atoms with E-state index in [1.165, 1.54) is 4.68 Å². The predicted octanol–water partition coefficient (Wildman–Crippen LogP) is 2.65. The number of hydrogen-bond donors (Lipinski definition) is 1. The van der Waals surface area contributed by atoms with Crippen molar-refractivity contribution in [3.63, 3.8) is 0 Å². The van der Waals surface area contributed by atoms with Crippen LogP contribution in [0.4, 0.5) is 6.01 Å². The molecule has 2 aromatic heterocycles. The Morgan fingerprint density at radius 2 is 1.83 bits per heavy atom. The predicted molar refractivity (Wildman–Crippen MR) is 85.1 cm³/mol. The van der Waals surface area contributed by atoms with Gasteiger partial charge in [-0.25, -0.2) is 0 Å². The van der Waals surface area contributed by atoms with Gasteiger partial charge >= 0.3 is 6.01 Å². The van der Waals surface area contributed by atoms with Crippen molar-refractivity contribution < 1.29 is 9.21 Å². The van der Waals surface area contributed by atoms with E-state index in [1.807, 2.05) is 32.9 Å². The summed E-state index contributed by atoms with van der Waals surface area (Å²) in [6, 6.07) is 6.03. The first-order chi connectivity index (χ1) is 10.9. The molecule has 118 valence electrons. The van der Waals surface area contributed by atoms with Crippen LogP contribution in [0.15, 0.2) is 28.8 Å². The van der Waals surface area contributed by atoms with E-state index in [1.54, 1.807) is 13.2 Å². The summed E-state index contributed by atoms with van der Waals surface area (Å²) in [5, 5.41) is 14.5. The Bertz CT molecular complexity index is 839. The minimum atomic E-state index is -0.335. The maximum atomic E-state index is 12.3. The highest BCUT2D eigenvalue weighted by Gasteiger charge is 2.17. The molecule has 0 aliphatic rings. The number of carbonyl (C=O) groups is 1. The maximum absolute atomic E-state index is 12.3. The summed E-state index contributed by atoms with van der Waals surface area (Å²) in [4.78, 5) is 12.3. The van der Waals surface area contributed by atoms with Crippen molar-refractivity contribution in [1.82, 2.24) is 20.0 Å². The third kappa shape index (κ3) is 2.98. The second kappa shape index (κ2) is 5.68. The summed E-state index contributed by atoms with van der Waals surface area (Å²) >= 11 is 0. The molecule has 0 saturated carbocycles. The molecule has 23 heavy (non-hydrogen) atoms. The zero-order valence-corrected chi connectivity index (χ0v) is 13.4. The lowest BCUT2D eigenvalue weighted by atomic mass is 10.1. The van der Waals surface area contributed by atoms with Gasteiger partial charge < -0.3 is 4.42 Å². The SMILES string of the molecule is Cc1cc(C)cc(-c2nnc(NC(=O)c3c(C)cnn3C)o2)c1. The Kier molecular flexibility index (Phi) is 3.69. The molecule has 0 radical (unpaired) electrons. The van der Waals surface area contributed by atoms with Crippen LogP contribution in [0, 0.1) is 20.8 Å². The lowest BCUT2D eigenvalue weighted by Crippen LogP contribution is -2.17. The smallest absolute Gasteiger partial charge is 0.322 e. The van der Waals surface area contributed by atoms with Gasteiger partial charge in [-0.15, -0.1) is 5.10 Å². The third-order valence-corrected chi connectivity index (χ3v) is 3.45. The quantitative estimate of drug-likeness (QED) is 0.803. The first-order valence-corrected chi connectivity index (χ1v) is 7.16. The summed E-state index contributed by atoms with van der Waals surface area (Å²) in [5.41, 5.74) is 4.27. The van der Waals surface area contributed by atoms with Crippen LogP contribution in [0.2, 0.25) is 0 Å². The average Bonchev–Trinajstić information content (AvgIpc) is 3.05. The van der Waals surface area contributed by atoms with Crippen LogP contribution in [0.5, 0.6) is 0 Å². The average molecular weight is 311 g/mol. The van der Waals surface area contributed by atoms with Gasteiger partial charge in [-0.1, -0.05) is 22.3 Å². The monoisotopic (exact) mass is 311 g/mol. The van der Waals surface area contributed by atoms with Gasteiger partial charge in [0.2, 0.25) is 5.89 Å². The van der Waals surface area contributed by atoms with Gasteiger partial charge in [0, 0.05) is 12.6 Å². The molecule has 7 heteroatoms. The number of aryl methyl sites for hydroxylation is 4. The van der Waals surface area contributed by atoms with E-state index in [4.69, 9.17) is 4.42 Å². The molecule has 0 aliphatic carbocycles. The van der Waals surface area contributed by atoms with E-state index in [2.05, 4.69) is 26.7 Å². The number of benzene rings is 1. The number of hydrogen-bond acceptors (Lipinski definition) is 5. The van der Waals surface area contributed by atoms with E-state index in [9.17, 15) is 4.79 Å². The van der Waals surface area contributed by atoms with Gasteiger partial charge in [-0.3, -0.25) is 14.8 Å². The molecular weight excluding hydrogens is 294 g/mol. The lowest BCUT2D eigenvalue weighted by molar-refractivity contribution is 0.101. The Labute approximate surface area is 133 Å². The molecule has 7 nitrogen and oxygen atoms in total. The van der Waals surface area contributed by atoms with Crippen molar-refractivity contribution in [2.24, 2.45) is 7.05 Å². The van der Waals surface area contributed by atoms with Crippen molar-refractivity contribution in [3.8, 4) is 11.5 Å². The van der Waals surface area contributed by atoms with Crippen LogP contribution in [0.3, 0.4) is 0 Å². The van der Waals surface area contributed by atoms with E-state index in [0.29, 0.717) is 11.6 Å². The Morgan fingerprint density at radius 1 is 1.13 bits per heavy atom. The van der Waals surface area contributed by atoms with Crippen LogP contribution in [0.25, 0.3) is 11.5 Å². The van der Waals surface area contributed by atoms with Crippen molar-refractivity contribution in [2.45, 2.75) is 20.8 Å². The van der Waals surface area contributed by atoms with Crippen molar-refractivity contribution in [1.29, 1.82) is 0 Å². The van der Waals surface area contributed by atoms with Gasteiger partial charge in [-0.05, 0) is 38.5 Å². The van der Waals surface area contributed by atoms with E-state index < -0.39 is 0 Å². The number of rotatable bonds is 3. The maximum Gasteiger partial charge on any atom is 0.322 e. The fourth-order valence-electron chi connectivity index (χ4n) is 2.52. The van der Waals surface area contributed by atoms with Gasteiger partial charge in [0.1, 0.15) is 5.69 Å². The molecule has 3 rings (SSSR count). The summed E-state index contributed by atoms with van der Waals surface area (Å²) in [5.74, 6) is 0.0342. The normalized spacial score (nSPS) is 10.8. The molecule has 1 aromatic carbocycles. The van der Waals surface area contributed by atoms with Gasteiger partial charge in [0.25, 0.3) is 5.91 Å². The van der Waals surface area contributed by atoms with Crippen LogP contribution in [-0.2, 0) is 7.05 Å². The lowest BCUT2D eigenvalue weighted by Gasteiger charge is -2.02. The molecule has 0 aliphatic heterocycles. The molecule has 3 aromatic rings. The highest BCUT2D eigenvalue weighted by Crippen LogP contribution is 2.22. The summed E-state index contributed by atoms with van der Waals surface area (Å²) in [6.45, 7) is 5.82. The van der Waals surface area contributed by atoms with Gasteiger partial charge in [-0.2, -0.15) is 5.10 Å². The third-order valence-electron chi connectivity index (χ3n) is 3.45. The molecule has 0 atom stereocenters. The van der Waals surface area contributed by atoms with Crippen LogP contribution in [-0.4, -0.2) is 25.9 Å². The summed E-state index contributed by atoms with van der Waals surface area (Å²) < 4.78 is 7.05. The van der Waals surface area contributed by atoms with E-state index >= 15 is 0 Å². The van der Waals surface area contributed by atoms with Crippen molar-refractivity contribution >= 4 is 11.9 Å². The zero-order chi connectivity index (χ0) is 16.6. The Morgan fingerprint density at radius 3 is 2.43 bits per heavy atom. The highest BCUT2D eigenvalue weighted by atomic mass is 16.4. The Hall–Kier alpha value is -2.96. The minimum Gasteiger partial charge on any atom is -0.403 e. The number of nitrogens with zero attached hydrogens (tertiary/aromatic N) is 4. The molecule has 0 unspecified atom stereocenters. The molecule has 0 bridgehead atoms. The van der Waals surface area contributed by atoms with Crippen molar-refractivity contribution in [2.75, 3.05) is 5.32 Å². The number of carbonyl (C=O) groups excluding carboxylic acids is 1. The molecule has 1 N–H and O–H groups in total. The summed E-state index contributed by atoms with van der Waals surface area (Å²) in [6.07, 6.45) is 1.63. The van der Waals surface area contributed by atoms with Gasteiger partial charge in [0.05, 0.1) is 6.20 Å². The van der Waals surface area contributed by atoms with Crippen LogP contribution in [0.1, 0.15) is 27.2 Å². The number of anilines is 1. The topological polar surface area (TPSA) is 85.8 Å². The molecule has 1 amide bonds. The number of nitrogens with one attached hydrogen (secondary N) is 1. The molecule has 0 saturated heterocycles. The van der Waals surface area contributed by atoms with E-state index in [0.717, 1.165) is 22.3 Å². The Balaban J connectivity index is 1.84. The molecule has 0 spiro atoms. The second-order valence-corrected chi connectivity index (χ2v) is 5.54. The molecule has 0 fully saturated rings. The molecule has 2 heterocycles. The van der Waals surface area contributed by atoms with Crippen LogP contribution >= 0.6 is 0 Å². The fraction of sp³-hybridized carbons (Fsp3) is 0.250. The first kappa shape index (κ1) is 15.0. The van der Waals surface area contributed by atoms with E-state index in [-0.39, 0.29) is 11.9 Å². The highest BCUT2D eigenvalue weighted by molar-refractivity contribution is 6.02.